The van der Waals surface area contributed by atoms with Gasteiger partial charge in [-0.1, -0.05) is 0 Å². The zero-order chi connectivity index (χ0) is 15.6. The predicted octanol–water partition coefficient (Wildman–Crippen LogP) is 2.87. The van der Waals surface area contributed by atoms with Crippen molar-refractivity contribution in [2.24, 2.45) is 0 Å². The third kappa shape index (κ3) is 3.00. The normalized spacial score (nSPS) is 11.1. The minimum atomic E-state index is -4.63. The summed E-state index contributed by atoms with van der Waals surface area (Å²) in [6.07, 6.45) is -4.18. The summed E-state index contributed by atoms with van der Waals surface area (Å²) in [5.74, 6) is -0.0846. The summed E-state index contributed by atoms with van der Waals surface area (Å²) in [7, 11) is 0. The molecule has 0 aliphatic rings. The average molecular weight is 296 g/mol. The van der Waals surface area contributed by atoms with E-state index in [1.807, 2.05) is 0 Å². The first-order valence-corrected chi connectivity index (χ1v) is 5.60. The topological polar surface area (TPSA) is 84.8 Å². The van der Waals surface area contributed by atoms with Gasteiger partial charge in [0.2, 0.25) is 0 Å². The van der Waals surface area contributed by atoms with Gasteiger partial charge in [0.25, 0.3) is 5.69 Å². The van der Waals surface area contributed by atoms with Crippen molar-refractivity contribution < 1.29 is 18.1 Å². The second-order valence-corrected chi connectivity index (χ2v) is 4.02. The van der Waals surface area contributed by atoms with Gasteiger partial charge in [0.1, 0.15) is 5.82 Å². The van der Waals surface area contributed by atoms with E-state index in [-0.39, 0.29) is 23.6 Å². The Bertz CT molecular complexity index is 714. The molecule has 1 aromatic carbocycles. The molecule has 0 saturated carbocycles. The number of non-ortho nitro benzene ring substituents is 1. The number of alkyl halides is 3. The first kappa shape index (κ1) is 14.5. The molecule has 0 aliphatic heterocycles. The standard InChI is InChI=1S/C12H7F3N4O2/c13-12(14,15)10-7-18(11(17-10)5-6-16)8-1-3-9(4-2-8)19(20)21/h1-4,7H,5H2. The van der Waals surface area contributed by atoms with Crippen LogP contribution >= 0.6 is 0 Å². The second-order valence-electron chi connectivity index (χ2n) is 4.02. The molecule has 0 bridgehead atoms. The van der Waals surface area contributed by atoms with Gasteiger partial charge in [-0.05, 0) is 12.1 Å². The van der Waals surface area contributed by atoms with Crippen LogP contribution in [0.25, 0.3) is 5.69 Å². The Morgan fingerprint density at radius 1 is 1.33 bits per heavy atom. The maximum Gasteiger partial charge on any atom is 0.434 e. The molecular weight excluding hydrogens is 289 g/mol. The van der Waals surface area contributed by atoms with E-state index in [4.69, 9.17) is 5.26 Å². The van der Waals surface area contributed by atoms with Gasteiger partial charge in [-0.15, -0.1) is 0 Å². The molecule has 0 spiro atoms. The van der Waals surface area contributed by atoms with Gasteiger partial charge in [-0.2, -0.15) is 18.4 Å². The number of hydrogen-bond acceptors (Lipinski definition) is 4. The number of nitro groups is 1. The van der Waals surface area contributed by atoms with Gasteiger partial charge in [0, 0.05) is 24.0 Å². The number of rotatable bonds is 3. The number of benzene rings is 1. The van der Waals surface area contributed by atoms with Crippen molar-refractivity contribution in [3.05, 3.63) is 52.1 Å². The lowest BCUT2D eigenvalue weighted by atomic mass is 10.2. The number of nitro benzene ring substituents is 1. The van der Waals surface area contributed by atoms with Crippen LogP contribution in [0, 0.1) is 21.4 Å². The first-order valence-electron chi connectivity index (χ1n) is 5.60. The van der Waals surface area contributed by atoms with Gasteiger partial charge in [0.05, 0.1) is 17.4 Å². The predicted molar refractivity (Wildman–Crippen MR) is 64.5 cm³/mol. The van der Waals surface area contributed by atoms with Crippen LogP contribution in [0.1, 0.15) is 11.5 Å². The zero-order valence-corrected chi connectivity index (χ0v) is 10.3. The van der Waals surface area contributed by atoms with Crippen LogP contribution < -0.4 is 0 Å². The van der Waals surface area contributed by atoms with Crippen molar-refractivity contribution in [2.45, 2.75) is 12.6 Å². The van der Waals surface area contributed by atoms with E-state index in [9.17, 15) is 23.3 Å². The lowest BCUT2D eigenvalue weighted by Gasteiger charge is -2.05. The Morgan fingerprint density at radius 2 is 1.95 bits per heavy atom. The molecule has 6 nitrogen and oxygen atoms in total. The van der Waals surface area contributed by atoms with Crippen LogP contribution in [-0.4, -0.2) is 14.5 Å². The molecule has 1 aromatic heterocycles. The van der Waals surface area contributed by atoms with Crippen LogP contribution in [0.5, 0.6) is 0 Å². The lowest BCUT2D eigenvalue weighted by Crippen LogP contribution is -2.05. The highest BCUT2D eigenvalue weighted by atomic mass is 19.4. The SMILES string of the molecule is N#CCc1nc(C(F)(F)F)cn1-c1ccc([N+](=O)[O-])cc1. The average Bonchev–Trinajstić information content (AvgIpc) is 2.83. The third-order valence-electron chi connectivity index (χ3n) is 2.65. The van der Waals surface area contributed by atoms with Crippen LogP contribution in [0.2, 0.25) is 0 Å². The Labute approximate surface area is 116 Å². The third-order valence-corrected chi connectivity index (χ3v) is 2.65. The Hall–Kier alpha value is -2.89. The van der Waals surface area contributed by atoms with Crippen molar-refractivity contribution in [2.75, 3.05) is 0 Å². The Morgan fingerprint density at radius 3 is 2.43 bits per heavy atom. The van der Waals surface area contributed by atoms with Gasteiger partial charge in [-0.25, -0.2) is 4.98 Å². The molecule has 0 fully saturated rings. The van der Waals surface area contributed by atoms with Crippen LogP contribution in [0.3, 0.4) is 0 Å². The maximum absolute atomic E-state index is 12.7. The number of imidazole rings is 1. The van der Waals surface area contributed by atoms with Gasteiger partial charge in [0.15, 0.2) is 5.69 Å². The fraction of sp³-hybridized carbons (Fsp3) is 0.167. The smallest absolute Gasteiger partial charge is 0.302 e. The molecule has 0 radical (unpaired) electrons. The molecule has 0 N–H and O–H groups in total. The molecule has 9 heteroatoms. The molecule has 0 unspecified atom stereocenters. The second kappa shape index (κ2) is 5.24. The quantitative estimate of drug-likeness (QED) is 0.644. The molecule has 108 valence electrons. The van der Waals surface area contributed by atoms with Crippen molar-refractivity contribution in [3.63, 3.8) is 0 Å². The van der Waals surface area contributed by atoms with Crippen LogP contribution in [0.4, 0.5) is 18.9 Å². The summed E-state index contributed by atoms with van der Waals surface area (Å²) in [6, 6.07) is 6.65. The van der Waals surface area contributed by atoms with E-state index in [0.717, 1.165) is 10.8 Å². The van der Waals surface area contributed by atoms with E-state index in [1.165, 1.54) is 24.3 Å². The van der Waals surface area contributed by atoms with E-state index >= 15 is 0 Å². The molecule has 0 amide bonds. The van der Waals surface area contributed by atoms with Crippen molar-refractivity contribution in [1.82, 2.24) is 9.55 Å². The Kier molecular flexibility index (Phi) is 3.62. The van der Waals surface area contributed by atoms with Gasteiger partial charge >= 0.3 is 6.18 Å². The van der Waals surface area contributed by atoms with Crippen LogP contribution in [0.15, 0.2) is 30.5 Å². The van der Waals surface area contributed by atoms with E-state index in [2.05, 4.69) is 4.98 Å². The summed E-state index contributed by atoms with van der Waals surface area (Å²) < 4.78 is 39.1. The fourth-order valence-electron chi connectivity index (χ4n) is 1.71. The van der Waals surface area contributed by atoms with E-state index in [1.54, 1.807) is 6.07 Å². The zero-order valence-electron chi connectivity index (χ0n) is 10.3. The van der Waals surface area contributed by atoms with Crippen LogP contribution in [-0.2, 0) is 12.6 Å². The minimum Gasteiger partial charge on any atom is -0.302 e. The summed E-state index contributed by atoms with van der Waals surface area (Å²) in [4.78, 5) is 13.3. The number of hydrogen-bond donors (Lipinski definition) is 0. The summed E-state index contributed by atoms with van der Waals surface area (Å²) in [5, 5.41) is 19.2. The highest BCUT2D eigenvalue weighted by Crippen LogP contribution is 2.29. The summed E-state index contributed by atoms with van der Waals surface area (Å²) in [5.41, 5.74) is -1.04. The molecule has 0 aliphatic carbocycles. The number of aromatic nitrogens is 2. The highest BCUT2D eigenvalue weighted by Gasteiger charge is 2.34. The monoisotopic (exact) mass is 296 g/mol. The fourth-order valence-corrected chi connectivity index (χ4v) is 1.71. The summed E-state index contributed by atoms with van der Waals surface area (Å²) in [6.45, 7) is 0. The minimum absolute atomic E-state index is 0.0846. The molecule has 1 heterocycles. The Balaban J connectivity index is 2.49. The maximum atomic E-state index is 12.7. The van der Waals surface area contributed by atoms with Crippen molar-refractivity contribution in [3.8, 4) is 11.8 Å². The molecule has 21 heavy (non-hydrogen) atoms. The molecule has 2 aromatic rings. The van der Waals surface area contributed by atoms with E-state index in [0.29, 0.717) is 0 Å². The molecule has 0 saturated heterocycles. The van der Waals surface area contributed by atoms with Gasteiger partial charge < -0.3 is 4.57 Å². The molecular formula is C12H7F3N4O2. The first-order chi connectivity index (χ1) is 9.82. The summed E-state index contributed by atoms with van der Waals surface area (Å²) >= 11 is 0. The molecule has 0 atom stereocenters. The highest BCUT2D eigenvalue weighted by molar-refractivity contribution is 5.42. The largest absolute Gasteiger partial charge is 0.434 e. The number of nitrogens with zero attached hydrogens (tertiary/aromatic N) is 4. The van der Waals surface area contributed by atoms with Crippen molar-refractivity contribution >= 4 is 5.69 Å². The van der Waals surface area contributed by atoms with E-state index < -0.39 is 16.8 Å². The lowest BCUT2D eigenvalue weighted by molar-refractivity contribution is -0.384. The van der Waals surface area contributed by atoms with Gasteiger partial charge in [-0.3, -0.25) is 10.1 Å². The molecule has 2 rings (SSSR count). The number of nitriles is 1. The number of halogens is 3. The van der Waals surface area contributed by atoms with Crippen molar-refractivity contribution in [1.29, 1.82) is 5.26 Å².